The van der Waals surface area contributed by atoms with E-state index >= 15 is 0 Å². The van der Waals surface area contributed by atoms with Gasteiger partial charge < -0.3 is 5.73 Å². The Labute approximate surface area is 150 Å². The van der Waals surface area contributed by atoms with Crippen LogP contribution in [0.3, 0.4) is 0 Å². The zero-order valence-corrected chi connectivity index (χ0v) is 14.8. The molecule has 0 aliphatic heterocycles. The van der Waals surface area contributed by atoms with Crippen LogP contribution >= 0.6 is 0 Å². The van der Waals surface area contributed by atoms with Crippen LogP contribution in [0.2, 0.25) is 0 Å². The van der Waals surface area contributed by atoms with Crippen molar-refractivity contribution >= 4 is 11.9 Å². The van der Waals surface area contributed by atoms with Crippen molar-refractivity contribution in [2.24, 2.45) is 10.7 Å². The third-order valence-corrected chi connectivity index (χ3v) is 4.62. The number of rotatable bonds is 4. The largest absolute Gasteiger partial charge is 0.402 e. The van der Waals surface area contributed by atoms with Crippen LogP contribution in [0.5, 0.6) is 0 Å². The Morgan fingerprint density at radius 3 is 2.64 bits per heavy atom. The molecule has 3 heteroatoms. The maximum absolute atomic E-state index is 6.17. The van der Waals surface area contributed by atoms with Crippen LogP contribution < -0.4 is 5.73 Å². The summed E-state index contributed by atoms with van der Waals surface area (Å²) in [5.41, 5.74) is 13.0. The van der Waals surface area contributed by atoms with Gasteiger partial charge in [-0.25, -0.2) is 4.98 Å². The number of hydrogen-bond acceptors (Lipinski definition) is 3. The predicted molar refractivity (Wildman–Crippen MR) is 106 cm³/mol. The SMILES string of the molecule is C=C(/N=C\C1=C(N)CCCCC1)c1ccc(C)c(-c2ccccc2)n1. The minimum Gasteiger partial charge on any atom is -0.402 e. The maximum atomic E-state index is 6.17. The number of allylic oxidation sites excluding steroid dienone is 2. The molecule has 2 N–H and O–H groups in total. The van der Waals surface area contributed by atoms with E-state index in [0.29, 0.717) is 5.70 Å². The maximum Gasteiger partial charge on any atom is 0.0887 e. The number of aromatic nitrogens is 1. The van der Waals surface area contributed by atoms with Crippen molar-refractivity contribution in [2.75, 3.05) is 0 Å². The summed E-state index contributed by atoms with van der Waals surface area (Å²) < 4.78 is 0. The first-order valence-electron chi connectivity index (χ1n) is 8.89. The molecule has 3 rings (SSSR count). The van der Waals surface area contributed by atoms with Crippen molar-refractivity contribution in [1.82, 2.24) is 4.98 Å². The van der Waals surface area contributed by atoms with Gasteiger partial charge in [0.25, 0.3) is 0 Å². The summed E-state index contributed by atoms with van der Waals surface area (Å²) in [6, 6.07) is 14.3. The van der Waals surface area contributed by atoms with Gasteiger partial charge in [-0.1, -0.05) is 49.4 Å². The first-order chi connectivity index (χ1) is 12.1. The highest BCUT2D eigenvalue weighted by Crippen LogP contribution is 2.24. The molecule has 3 nitrogen and oxygen atoms in total. The second-order valence-corrected chi connectivity index (χ2v) is 6.54. The summed E-state index contributed by atoms with van der Waals surface area (Å²) in [6.07, 6.45) is 7.43. The molecule has 0 saturated carbocycles. The molecule has 1 aliphatic carbocycles. The summed E-state index contributed by atoms with van der Waals surface area (Å²) in [5.74, 6) is 0. The van der Waals surface area contributed by atoms with Crippen molar-refractivity contribution in [1.29, 1.82) is 0 Å². The third kappa shape index (κ3) is 4.24. The molecule has 1 heterocycles. The zero-order chi connectivity index (χ0) is 17.6. The third-order valence-electron chi connectivity index (χ3n) is 4.62. The van der Waals surface area contributed by atoms with E-state index in [-0.39, 0.29) is 0 Å². The molecule has 0 fully saturated rings. The molecule has 0 bridgehead atoms. The van der Waals surface area contributed by atoms with Gasteiger partial charge in [0.15, 0.2) is 0 Å². The summed E-state index contributed by atoms with van der Waals surface area (Å²) >= 11 is 0. The number of pyridine rings is 1. The van der Waals surface area contributed by atoms with Gasteiger partial charge in [-0.05, 0) is 49.8 Å². The van der Waals surface area contributed by atoms with E-state index < -0.39 is 0 Å². The van der Waals surface area contributed by atoms with Crippen molar-refractivity contribution < 1.29 is 0 Å². The van der Waals surface area contributed by atoms with Crippen LogP contribution in [0.1, 0.15) is 43.4 Å². The standard InChI is InChI=1S/C22H25N3/c1-16-13-14-21(25-22(16)18-9-5-3-6-10-18)17(2)24-15-19-11-7-4-8-12-20(19)23/h3,5-6,9-10,13-15H,2,4,7-8,11-12,23H2,1H3/b24-15-. The lowest BCUT2D eigenvalue weighted by molar-refractivity contribution is 0.708. The fourth-order valence-electron chi connectivity index (χ4n) is 3.08. The average molecular weight is 331 g/mol. The summed E-state index contributed by atoms with van der Waals surface area (Å²) in [7, 11) is 0. The molecule has 2 aromatic rings. The zero-order valence-electron chi connectivity index (χ0n) is 14.8. The molecular weight excluding hydrogens is 306 g/mol. The molecule has 0 unspecified atom stereocenters. The normalized spacial score (nSPS) is 15.4. The van der Waals surface area contributed by atoms with Crippen molar-refractivity contribution in [2.45, 2.75) is 39.0 Å². The first kappa shape index (κ1) is 17.2. The van der Waals surface area contributed by atoms with Crippen molar-refractivity contribution in [3.8, 4) is 11.3 Å². The molecule has 128 valence electrons. The topological polar surface area (TPSA) is 51.3 Å². The fourth-order valence-corrected chi connectivity index (χ4v) is 3.08. The Kier molecular flexibility index (Phi) is 5.44. The molecule has 1 aromatic heterocycles. The second-order valence-electron chi connectivity index (χ2n) is 6.54. The summed E-state index contributed by atoms with van der Waals surface area (Å²) in [4.78, 5) is 9.34. The van der Waals surface area contributed by atoms with E-state index in [2.05, 4.69) is 36.7 Å². The van der Waals surface area contributed by atoms with Crippen LogP contribution in [-0.4, -0.2) is 11.2 Å². The number of benzene rings is 1. The summed E-state index contributed by atoms with van der Waals surface area (Å²) in [5, 5.41) is 0. The van der Waals surface area contributed by atoms with Crippen LogP contribution in [0.4, 0.5) is 0 Å². The van der Waals surface area contributed by atoms with Gasteiger partial charge in [-0.3, -0.25) is 4.99 Å². The molecule has 25 heavy (non-hydrogen) atoms. The van der Waals surface area contributed by atoms with Crippen LogP contribution in [0.15, 0.2) is 65.3 Å². The fraction of sp³-hybridized carbons (Fsp3) is 0.273. The quantitative estimate of drug-likeness (QED) is 0.775. The van der Waals surface area contributed by atoms with E-state index in [9.17, 15) is 0 Å². The van der Waals surface area contributed by atoms with Gasteiger partial charge in [0.1, 0.15) is 0 Å². The molecule has 1 aromatic carbocycles. The van der Waals surface area contributed by atoms with Gasteiger partial charge in [-0.2, -0.15) is 0 Å². The lowest BCUT2D eigenvalue weighted by atomic mass is 10.1. The van der Waals surface area contributed by atoms with Gasteiger partial charge in [0, 0.05) is 17.5 Å². The molecule has 1 aliphatic rings. The van der Waals surface area contributed by atoms with Crippen LogP contribution in [0.25, 0.3) is 17.0 Å². The molecule has 0 saturated heterocycles. The first-order valence-corrected chi connectivity index (χ1v) is 8.89. The molecular formula is C22H25N3. The van der Waals surface area contributed by atoms with Crippen LogP contribution in [-0.2, 0) is 0 Å². The second kappa shape index (κ2) is 7.93. The minimum atomic E-state index is 0.668. The lowest BCUT2D eigenvalue weighted by Gasteiger charge is -2.08. The number of aliphatic imine (C=N–C) groups is 1. The minimum absolute atomic E-state index is 0.668. The Balaban J connectivity index is 1.84. The highest BCUT2D eigenvalue weighted by atomic mass is 14.8. The van der Waals surface area contributed by atoms with E-state index in [1.165, 1.54) is 19.3 Å². The molecule has 0 amide bonds. The van der Waals surface area contributed by atoms with E-state index in [1.807, 2.05) is 30.5 Å². The van der Waals surface area contributed by atoms with Gasteiger partial charge in [0.2, 0.25) is 0 Å². The average Bonchev–Trinajstić information content (AvgIpc) is 2.85. The molecule has 0 spiro atoms. The summed E-state index contributed by atoms with van der Waals surface area (Å²) in [6.45, 7) is 6.17. The van der Waals surface area contributed by atoms with Gasteiger partial charge in [0.05, 0.1) is 17.1 Å². The van der Waals surface area contributed by atoms with Crippen molar-refractivity contribution in [3.05, 3.63) is 71.6 Å². The van der Waals surface area contributed by atoms with Crippen molar-refractivity contribution in [3.63, 3.8) is 0 Å². The Morgan fingerprint density at radius 1 is 1.08 bits per heavy atom. The number of hydrogen-bond donors (Lipinski definition) is 1. The number of aryl methyl sites for hydroxylation is 1. The molecule has 0 atom stereocenters. The monoisotopic (exact) mass is 331 g/mol. The lowest BCUT2D eigenvalue weighted by Crippen LogP contribution is -2.02. The molecule has 0 radical (unpaired) electrons. The van der Waals surface area contributed by atoms with Gasteiger partial charge >= 0.3 is 0 Å². The number of nitrogens with two attached hydrogens (primary N) is 1. The van der Waals surface area contributed by atoms with Gasteiger partial charge in [-0.15, -0.1) is 0 Å². The highest BCUT2D eigenvalue weighted by molar-refractivity contribution is 5.84. The highest BCUT2D eigenvalue weighted by Gasteiger charge is 2.09. The van der Waals surface area contributed by atoms with E-state index in [0.717, 1.165) is 46.6 Å². The number of nitrogens with zero attached hydrogens (tertiary/aromatic N) is 2. The van der Waals surface area contributed by atoms with Crippen LogP contribution in [0, 0.1) is 6.92 Å². The van der Waals surface area contributed by atoms with E-state index in [1.54, 1.807) is 0 Å². The Bertz CT molecular complexity index is 816. The smallest absolute Gasteiger partial charge is 0.0887 e. The Morgan fingerprint density at radius 2 is 1.84 bits per heavy atom. The predicted octanol–water partition coefficient (Wildman–Crippen LogP) is 5.28. The van der Waals surface area contributed by atoms with E-state index in [4.69, 9.17) is 10.7 Å². The Hall–Kier alpha value is -2.68.